The summed E-state index contributed by atoms with van der Waals surface area (Å²) in [5.74, 6) is -0.235. The standard InChI is InChI=1S/C18H30N2O4/c1-13(2)24-10-9-23-12-16(21)11-20(4)18(22)17(19)15-7-5-14(3)6-8-15/h5-8,13,16-17,21H,9-12,19H2,1-4H3. The molecule has 3 N–H and O–H groups in total. The number of carbonyl (C=O) groups excluding carboxylic acids is 1. The second kappa shape index (κ2) is 10.4. The fourth-order valence-electron chi connectivity index (χ4n) is 2.17. The largest absolute Gasteiger partial charge is 0.389 e. The van der Waals surface area contributed by atoms with Crippen LogP contribution in [0, 0.1) is 6.92 Å². The molecule has 1 amide bonds. The van der Waals surface area contributed by atoms with Gasteiger partial charge in [0.05, 0.1) is 32.0 Å². The van der Waals surface area contributed by atoms with E-state index in [1.54, 1.807) is 7.05 Å². The third-order valence-corrected chi connectivity index (χ3v) is 3.55. The minimum Gasteiger partial charge on any atom is -0.389 e. The first-order valence-corrected chi connectivity index (χ1v) is 8.25. The van der Waals surface area contributed by atoms with Crippen LogP contribution in [0.25, 0.3) is 0 Å². The number of benzene rings is 1. The maximum atomic E-state index is 12.3. The van der Waals surface area contributed by atoms with Crippen molar-refractivity contribution in [2.24, 2.45) is 5.73 Å². The van der Waals surface area contributed by atoms with Crippen LogP contribution in [0.2, 0.25) is 0 Å². The number of amides is 1. The molecule has 1 rings (SSSR count). The van der Waals surface area contributed by atoms with Crippen molar-refractivity contribution < 1.29 is 19.4 Å². The predicted octanol–water partition coefficient (Wildman–Crippen LogP) is 1.26. The summed E-state index contributed by atoms with van der Waals surface area (Å²) in [5, 5.41) is 9.97. The van der Waals surface area contributed by atoms with Gasteiger partial charge >= 0.3 is 0 Å². The SMILES string of the molecule is Cc1ccc(C(N)C(=O)N(C)CC(O)COCCOC(C)C)cc1. The van der Waals surface area contributed by atoms with E-state index in [0.717, 1.165) is 11.1 Å². The molecule has 0 fully saturated rings. The van der Waals surface area contributed by atoms with Gasteiger partial charge in [-0.15, -0.1) is 0 Å². The van der Waals surface area contributed by atoms with Crippen LogP contribution in [0.3, 0.4) is 0 Å². The number of nitrogens with two attached hydrogens (primary N) is 1. The van der Waals surface area contributed by atoms with E-state index in [1.165, 1.54) is 4.90 Å². The van der Waals surface area contributed by atoms with Crippen molar-refractivity contribution in [3.63, 3.8) is 0 Å². The van der Waals surface area contributed by atoms with Crippen LogP contribution in [-0.4, -0.2) is 61.5 Å². The highest BCUT2D eigenvalue weighted by Crippen LogP contribution is 2.14. The van der Waals surface area contributed by atoms with Gasteiger partial charge in [0.1, 0.15) is 6.04 Å². The monoisotopic (exact) mass is 338 g/mol. The molecule has 6 heteroatoms. The topological polar surface area (TPSA) is 85.0 Å². The lowest BCUT2D eigenvalue weighted by Crippen LogP contribution is -2.41. The minimum atomic E-state index is -0.761. The smallest absolute Gasteiger partial charge is 0.243 e. The van der Waals surface area contributed by atoms with Gasteiger partial charge in [-0.25, -0.2) is 0 Å². The molecule has 0 heterocycles. The Balaban J connectivity index is 2.35. The highest BCUT2D eigenvalue weighted by molar-refractivity contribution is 5.82. The first kappa shape index (κ1) is 20.6. The minimum absolute atomic E-state index is 0.152. The Morgan fingerprint density at radius 2 is 1.88 bits per heavy atom. The van der Waals surface area contributed by atoms with Crippen molar-refractivity contribution in [1.82, 2.24) is 4.90 Å². The molecular weight excluding hydrogens is 308 g/mol. The molecular formula is C18H30N2O4. The molecule has 1 aromatic carbocycles. The maximum absolute atomic E-state index is 12.3. The summed E-state index contributed by atoms with van der Waals surface area (Å²) in [5.41, 5.74) is 7.88. The normalized spacial score (nSPS) is 13.8. The number of aliphatic hydroxyl groups excluding tert-OH is 1. The Kier molecular flexibility index (Phi) is 8.92. The number of hydrogen-bond acceptors (Lipinski definition) is 5. The van der Waals surface area contributed by atoms with Gasteiger partial charge < -0.3 is 25.2 Å². The van der Waals surface area contributed by atoms with Gasteiger partial charge in [0.15, 0.2) is 0 Å². The van der Waals surface area contributed by atoms with Crippen LogP contribution in [-0.2, 0) is 14.3 Å². The molecule has 0 aliphatic carbocycles. The summed E-state index contributed by atoms with van der Waals surface area (Å²) < 4.78 is 10.7. The van der Waals surface area contributed by atoms with Gasteiger partial charge in [-0.3, -0.25) is 4.79 Å². The average Bonchev–Trinajstić information content (AvgIpc) is 2.53. The molecule has 1 aromatic rings. The van der Waals surface area contributed by atoms with Crippen LogP contribution in [0.15, 0.2) is 24.3 Å². The summed E-state index contributed by atoms with van der Waals surface area (Å²) >= 11 is 0. The van der Waals surface area contributed by atoms with Crippen LogP contribution in [0.1, 0.15) is 31.0 Å². The summed E-state index contributed by atoms with van der Waals surface area (Å²) in [7, 11) is 1.63. The van der Waals surface area contributed by atoms with Gasteiger partial charge in [0, 0.05) is 13.6 Å². The molecule has 0 spiro atoms. The Morgan fingerprint density at radius 1 is 1.25 bits per heavy atom. The molecule has 0 saturated heterocycles. The third-order valence-electron chi connectivity index (χ3n) is 3.55. The number of aryl methyl sites for hydroxylation is 1. The summed E-state index contributed by atoms with van der Waals surface area (Å²) in [4.78, 5) is 13.8. The van der Waals surface area contributed by atoms with E-state index in [2.05, 4.69) is 0 Å². The van der Waals surface area contributed by atoms with Crippen molar-refractivity contribution in [3.8, 4) is 0 Å². The number of hydrogen-bond donors (Lipinski definition) is 2. The van der Waals surface area contributed by atoms with E-state index in [0.29, 0.717) is 13.2 Å². The molecule has 136 valence electrons. The van der Waals surface area contributed by atoms with E-state index in [-0.39, 0.29) is 25.2 Å². The van der Waals surface area contributed by atoms with Crippen molar-refractivity contribution >= 4 is 5.91 Å². The van der Waals surface area contributed by atoms with Crippen LogP contribution < -0.4 is 5.73 Å². The molecule has 24 heavy (non-hydrogen) atoms. The fraction of sp³-hybridized carbons (Fsp3) is 0.611. The lowest BCUT2D eigenvalue weighted by Gasteiger charge is -2.24. The van der Waals surface area contributed by atoms with Gasteiger partial charge in [-0.2, -0.15) is 0 Å². The zero-order valence-corrected chi connectivity index (χ0v) is 15.1. The Hall–Kier alpha value is -1.47. The van der Waals surface area contributed by atoms with E-state index in [9.17, 15) is 9.90 Å². The predicted molar refractivity (Wildman–Crippen MR) is 93.7 cm³/mol. The molecule has 0 bridgehead atoms. The molecule has 6 nitrogen and oxygen atoms in total. The van der Waals surface area contributed by atoms with Gasteiger partial charge in [0.25, 0.3) is 0 Å². The first-order chi connectivity index (χ1) is 11.3. The molecule has 0 aliphatic heterocycles. The molecule has 0 aromatic heterocycles. The summed E-state index contributed by atoms with van der Waals surface area (Å²) in [6.07, 6.45) is -0.603. The summed E-state index contributed by atoms with van der Waals surface area (Å²) in [6.45, 7) is 7.10. The highest BCUT2D eigenvalue weighted by atomic mass is 16.5. The lowest BCUT2D eigenvalue weighted by atomic mass is 10.0. The zero-order chi connectivity index (χ0) is 18.1. The molecule has 0 saturated carbocycles. The van der Waals surface area contributed by atoms with Gasteiger partial charge in [-0.1, -0.05) is 29.8 Å². The van der Waals surface area contributed by atoms with Gasteiger partial charge in [0.2, 0.25) is 5.91 Å². The second-order valence-corrected chi connectivity index (χ2v) is 6.26. The second-order valence-electron chi connectivity index (χ2n) is 6.26. The van der Waals surface area contributed by atoms with E-state index in [1.807, 2.05) is 45.0 Å². The number of carbonyl (C=O) groups is 1. The first-order valence-electron chi connectivity index (χ1n) is 8.25. The quantitative estimate of drug-likeness (QED) is 0.627. The van der Waals surface area contributed by atoms with E-state index < -0.39 is 12.1 Å². The Labute approximate surface area is 144 Å². The third kappa shape index (κ3) is 7.40. The number of likely N-dealkylation sites (N-methyl/N-ethyl adjacent to an activating group) is 1. The number of nitrogens with zero attached hydrogens (tertiary/aromatic N) is 1. The van der Waals surface area contributed by atoms with Crippen LogP contribution in [0.5, 0.6) is 0 Å². The maximum Gasteiger partial charge on any atom is 0.243 e. The molecule has 2 atom stereocenters. The highest BCUT2D eigenvalue weighted by Gasteiger charge is 2.21. The number of aliphatic hydroxyl groups is 1. The van der Waals surface area contributed by atoms with Gasteiger partial charge in [-0.05, 0) is 26.3 Å². The average molecular weight is 338 g/mol. The van der Waals surface area contributed by atoms with E-state index >= 15 is 0 Å². The number of ether oxygens (including phenoxy) is 2. The number of rotatable bonds is 10. The Morgan fingerprint density at radius 3 is 2.46 bits per heavy atom. The van der Waals surface area contributed by atoms with Crippen molar-refractivity contribution in [2.75, 3.05) is 33.4 Å². The molecule has 2 unspecified atom stereocenters. The Bertz CT molecular complexity index is 490. The van der Waals surface area contributed by atoms with E-state index in [4.69, 9.17) is 15.2 Å². The summed E-state index contributed by atoms with van der Waals surface area (Å²) in [6, 6.07) is 6.80. The molecule has 0 aliphatic rings. The molecule has 0 radical (unpaired) electrons. The van der Waals surface area contributed by atoms with Crippen molar-refractivity contribution in [1.29, 1.82) is 0 Å². The van der Waals surface area contributed by atoms with Crippen LogP contribution in [0.4, 0.5) is 0 Å². The fourth-order valence-corrected chi connectivity index (χ4v) is 2.17. The van der Waals surface area contributed by atoms with Crippen LogP contribution >= 0.6 is 0 Å². The van der Waals surface area contributed by atoms with Crippen molar-refractivity contribution in [3.05, 3.63) is 35.4 Å². The zero-order valence-electron chi connectivity index (χ0n) is 15.1. The van der Waals surface area contributed by atoms with Crippen molar-refractivity contribution in [2.45, 2.75) is 39.0 Å². The lowest BCUT2D eigenvalue weighted by molar-refractivity contribution is -0.133.